The third-order valence-corrected chi connectivity index (χ3v) is 3.10. The van der Waals surface area contributed by atoms with Gasteiger partial charge in [-0.05, 0) is 18.6 Å². The molecule has 0 bridgehead atoms. The van der Waals surface area contributed by atoms with Crippen LogP contribution in [0.1, 0.15) is 32.4 Å². The Morgan fingerprint density at radius 2 is 1.94 bits per heavy atom. The molecule has 2 unspecified atom stereocenters. The van der Waals surface area contributed by atoms with Crippen molar-refractivity contribution in [3.05, 3.63) is 30.1 Å². The molecule has 3 atom stereocenters. The SMILES string of the molecule is CC(C(=O)O)C(C)C(=O)N[C@@H](C)c1cccnc1. The summed E-state index contributed by atoms with van der Waals surface area (Å²) in [5.74, 6) is -2.50. The van der Waals surface area contributed by atoms with Crippen molar-refractivity contribution in [1.29, 1.82) is 0 Å². The molecule has 0 fully saturated rings. The molecule has 5 nitrogen and oxygen atoms in total. The summed E-state index contributed by atoms with van der Waals surface area (Å²) in [6.07, 6.45) is 3.34. The number of nitrogens with zero attached hydrogens (tertiary/aromatic N) is 1. The number of rotatable bonds is 5. The number of carboxylic acids is 1. The van der Waals surface area contributed by atoms with Gasteiger partial charge in [-0.2, -0.15) is 0 Å². The average molecular weight is 250 g/mol. The molecular formula is C13H18N2O3. The summed E-state index contributed by atoms with van der Waals surface area (Å²) in [6, 6.07) is 3.47. The van der Waals surface area contributed by atoms with E-state index in [1.807, 2.05) is 13.0 Å². The lowest BCUT2D eigenvalue weighted by atomic mass is 9.95. The highest BCUT2D eigenvalue weighted by atomic mass is 16.4. The highest BCUT2D eigenvalue weighted by Gasteiger charge is 2.26. The third-order valence-electron chi connectivity index (χ3n) is 3.10. The van der Waals surface area contributed by atoms with E-state index < -0.39 is 17.8 Å². The van der Waals surface area contributed by atoms with E-state index in [2.05, 4.69) is 10.3 Å². The van der Waals surface area contributed by atoms with E-state index in [0.717, 1.165) is 5.56 Å². The summed E-state index contributed by atoms with van der Waals surface area (Å²) < 4.78 is 0. The molecule has 0 aliphatic heterocycles. The molecule has 0 aliphatic carbocycles. The fraction of sp³-hybridized carbons (Fsp3) is 0.462. The molecule has 0 saturated carbocycles. The van der Waals surface area contributed by atoms with Crippen molar-refractivity contribution in [3.63, 3.8) is 0 Å². The third kappa shape index (κ3) is 3.55. The Morgan fingerprint density at radius 3 is 2.44 bits per heavy atom. The number of carboxylic acid groups (broad SMARTS) is 1. The normalized spacial score (nSPS) is 15.5. The average Bonchev–Trinajstić information content (AvgIpc) is 2.37. The Bertz CT molecular complexity index is 420. The van der Waals surface area contributed by atoms with Crippen molar-refractivity contribution >= 4 is 11.9 Å². The zero-order chi connectivity index (χ0) is 13.7. The number of amides is 1. The molecular weight excluding hydrogens is 232 g/mol. The Kier molecular flexibility index (Phi) is 4.83. The zero-order valence-electron chi connectivity index (χ0n) is 10.8. The maximum Gasteiger partial charge on any atom is 0.307 e. The van der Waals surface area contributed by atoms with Crippen molar-refractivity contribution in [2.24, 2.45) is 11.8 Å². The molecule has 1 aromatic heterocycles. The molecule has 1 rings (SSSR count). The summed E-state index contributed by atoms with van der Waals surface area (Å²) >= 11 is 0. The van der Waals surface area contributed by atoms with Crippen LogP contribution in [-0.4, -0.2) is 22.0 Å². The molecule has 98 valence electrons. The highest BCUT2D eigenvalue weighted by Crippen LogP contribution is 2.15. The molecule has 0 aromatic carbocycles. The molecule has 2 N–H and O–H groups in total. The van der Waals surface area contributed by atoms with Crippen molar-refractivity contribution < 1.29 is 14.7 Å². The molecule has 0 spiro atoms. The van der Waals surface area contributed by atoms with E-state index in [1.54, 1.807) is 25.4 Å². The molecule has 0 saturated heterocycles. The molecule has 5 heteroatoms. The second-order valence-corrected chi connectivity index (χ2v) is 4.43. The van der Waals surface area contributed by atoms with E-state index >= 15 is 0 Å². The minimum absolute atomic E-state index is 0.186. The summed E-state index contributed by atoms with van der Waals surface area (Å²) in [4.78, 5) is 26.7. The number of pyridine rings is 1. The standard InChI is InChI=1S/C13H18N2O3/c1-8(9(2)13(17)18)12(16)15-10(3)11-5-4-6-14-7-11/h4-10H,1-3H3,(H,15,16)(H,17,18)/t8?,9?,10-/m0/s1. The number of hydrogen-bond donors (Lipinski definition) is 2. The van der Waals surface area contributed by atoms with Crippen LogP contribution < -0.4 is 5.32 Å². The zero-order valence-corrected chi connectivity index (χ0v) is 10.8. The quantitative estimate of drug-likeness (QED) is 0.832. The van der Waals surface area contributed by atoms with E-state index in [1.165, 1.54) is 6.92 Å². The summed E-state index contributed by atoms with van der Waals surface area (Å²) in [6.45, 7) is 4.98. The van der Waals surface area contributed by atoms with Crippen LogP contribution in [0.3, 0.4) is 0 Å². The number of aromatic nitrogens is 1. The predicted molar refractivity (Wildman–Crippen MR) is 66.8 cm³/mol. The van der Waals surface area contributed by atoms with Gasteiger partial charge < -0.3 is 10.4 Å². The Morgan fingerprint density at radius 1 is 1.28 bits per heavy atom. The number of hydrogen-bond acceptors (Lipinski definition) is 3. The van der Waals surface area contributed by atoms with Crippen molar-refractivity contribution in [2.75, 3.05) is 0 Å². The van der Waals surface area contributed by atoms with Gasteiger partial charge in [-0.15, -0.1) is 0 Å². The van der Waals surface area contributed by atoms with Gasteiger partial charge in [0.25, 0.3) is 0 Å². The molecule has 0 radical (unpaired) electrons. The highest BCUT2D eigenvalue weighted by molar-refractivity contribution is 5.84. The van der Waals surface area contributed by atoms with Gasteiger partial charge in [-0.3, -0.25) is 14.6 Å². The van der Waals surface area contributed by atoms with Gasteiger partial charge in [-0.25, -0.2) is 0 Å². The van der Waals surface area contributed by atoms with Gasteiger partial charge in [0.2, 0.25) is 5.91 Å². The van der Waals surface area contributed by atoms with Crippen LogP contribution in [0.25, 0.3) is 0 Å². The van der Waals surface area contributed by atoms with Crippen LogP contribution in [-0.2, 0) is 9.59 Å². The first kappa shape index (κ1) is 14.2. The maximum atomic E-state index is 11.9. The first-order valence-electron chi connectivity index (χ1n) is 5.86. The molecule has 1 heterocycles. The van der Waals surface area contributed by atoms with Crippen LogP contribution in [0.4, 0.5) is 0 Å². The monoisotopic (exact) mass is 250 g/mol. The Hall–Kier alpha value is -1.91. The summed E-state index contributed by atoms with van der Waals surface area (Å²) in [5.41, 5.74) is 0.890. The minimum Gasteiger partial charge on any atom is -0.481 e. The van der Waals surface area contributed by atoms with Crippen LogP contribution in [0, 0.1) is 11.8 Å². The second-order valence-electron chi connectivity index (χ2n) is 4.43. The lowest BCUT2D eigenvalue weighted by Gasteiger charge is -2.19. The minimum atomic E-state index is -0.966. The van der Waals surface area contributed by atoms with Gasteiger partial charge in [-0.1, -0.05) is 19.9 Å². The van der Waals surface area contributed by atoms with Gasteiger partial charge >= 0.3 is 5.97 Å². The van der Waals surface area contributed by atoms with Crippen LogP contribution in [0.5, 0.6) is 0 Å². The maximum absolute atomic E-state index is 11.9. The van der Waals surface area contributed by atoms with Crippen LogP contribution in [0.2, 0.25) is 0 Å². The number of nitrogens with one attached hydrogen (secondary N) is 1. The Labute approximate surface area is 106 Å². The fourth-order valence-corrected chi connectivity index (χ4v) is 1.50. The lowest BCUT2D eigenvalue weighted by molar-refractivity contribution is -0.146. The largest absolute Gasteiger partial charge is 0.481 e. The van der Waals surface area contributed by atoms with Crippen LogP contribution >= 0.6 is 0 Å². The number of carbonyl (C=O) groups is 2. The van der Waals surface area contributed by atoms with E-state index in [-0.39, 0.29) is 11.9 Å². The van der Waals surface area contributed by atoms with Crippen LogP contribution in [0.15, 0.2) is 24.5 Å². The van der Waals surface area contributed by atoms with E-state index in [9.17, 15) is 9.59 Å². The van der Waals surface area contributed by atoms with Crippen molar-refractivity contribution in [2.45, 2.75) is 26.8 Å². The summed E-state index contributed by atoms with van der Waals surface area (Å²) in [5, 5.41) is 11.7. The van der Waals surface area contributed by atoms with Gasteiger partial charge in [0.05, 0.1) is 12.0 Å². The summed E-state index contributed by atoms with van der Waals surface area (Å²) in [7, 11) is 0. The topological polar surface area (TPSA) is 79.3 Å². The van der Waals surface area contributed by atoms with E-state index in [4.69, 9.17) is 5.11 Å². The van der Waals surface area contributed by atoms with Crippen molar-refractivity contribution in [1.82, 2.24) is 10.3 Å². The molecule has 0 aliphatic rings. The first-order chi connectivity index (χ1) is 8.43. The first-order valence-corrected chi connectivity index (χ1v) is 5.86. The van der Waals surface area contributed by atoms with E-state index in [0.29, 0.717) is 0 Å². The Balaban J connectivity index is 2.62. The smallest absolute Gasteiger partial charge is 0.307 e. The van der Waals surface area contributed by atoms with Gasteiger partial charge in [0.15, 0.2) is 0 Å². The van der Waals surface area contributed by atoms with Gasteiger partial charge in [0, 0.05) is 18.3 Å². The number of carbonyl (C=O) groups excluding carboxylic acids is 1. The second kappa shape index (κ2) is 6.14. The fourth-order valence-electron chi connectivity index (χ4n) is 1.50. The molecule has 1 amide bonds. The van der Waals surface area contributed by atoms with Crippen molar-refractivity contribution in [3.8, 4) is 0 Å². The molecule has 18 heavy (non-hydrogen) atoms. The predicted octanol–water partition coefficient (Wildman–Crippen LogP) is 1.62. The number of aliphatic carboxylic acids is 1. The van der Waals surface area contributed by atoms with Gasteiger partial charge in [0.1, 0.15) is 0 Å². The lowest BCUT2D eigenvalue weighted by Crippen LogP contribution is -2.36. The molecule has 1 aromatic rings.